The van der Waals surface area contributed by atoms with Gasteiger partial charge in [0.2, 0.25) is 0 Å². The molecular formula is C23H18FN3OS. The number of urea groups is 1. The van der Waals surface area contributed by atoms with Crippen LogP contribution in [0.5, 0.6) is 0 Å². The summed E-state index contributed by atoms with van der Waals surface area (Å²) in [5, 5.41) is 4.77. The van der Waals surface area contributed by atoms with E-state index in [4.69, 9.17) is 0 Å². The van der Waals surface area contributed by atoms with E-state index in [2.05, 4.69) is 16.0 Å². The minimum Gasteiger partial charge on any atom is -0.318 e. The molecule has 4 aromatic rings. The van der Waals surface area contributed by atoms with Crippen LogP contribution in [-0.4, -0.2) is 15.5 Å². The zero-order valence-electron chi connectivity index (χ0n) is 15.5. The molecule has 1 N–H and O–H groups in total. The number of hydrogen-bond acceptors (Lipinski definition) is 2. The Hall–Kier alpha value is -3.38. The number of benzene rings is 2. The molecule has 1 atom stereocenters. The number of rotatable bonds is 2. The highest BCUT2D eigenvalue weighted by Crippen LogP contribution is 2.38. The van der Waals surface area contributed by atoms with Gasteiger partial charge in [0.15, 0.2) is 0 Å². The number of carbonyl (C=O) groups is 1. The highest BCUT2D eigenvalue weighted by Gasteiger charge is 2.33. The van der Waals surface area contributed by atoms with E-state index >= 15 is 0 Å². The Morgan fingerprint density at radius 1 is 1.00 bits per heavy atom. The van der Waals surface area contributed by atoms with Gasteiger partial charge in [-0.15, -0.1) is 11.3 Å². The first-order valence-electron chi connectivity index (χ1n) is 9.33. The molecule has 2 aromatic heterocycles. The first kappa shape index (κ1) is 17.7. The minimum absolute atomic E-state index is 0.176. The summed E-state index contributed by atoms with van der Waals surface area (Å²) in [5.74, 6) is -0.452. The number of anilines is 1. The lowest BCUT2D eigenvalue weighted by molar-refractivity contribution is 0.195. The van der Waals surface area contributed by atoms with Crippen molar-refractivity contribution in [2.24, 2.45) is 0 Å². The van der Waals surface area contributed by atoms with Gasteiger partial charge in [-0.3, -0.25) is 0 Å². The molecule has 0 fully saturated rings. The minimum atomic E-state index is -0.452. The van der Waals surface area contributed by atoms with E-state index in [-0.39, 0.29) is 17.8 Å². The van der Waals surface area contributed by atoms with Crippen molar-refractivity contribution >= 4 is 23.1 Å². The van der Waals surface area contributed by atoms with E-state index in [9.17, 15) is 9.18 Å². The molecule has 0 aliphatic carbocycles. The summed E-state index contributed by atoms with van der Waals surface area (Å²) < 4.78 is 16.3. The van der Waals surface area contributed by atoms with Crippen LogP contribution < -0.4 is 5.32 Å². The molecule has 0 bridgehead atoms. The van der Waals surface area contributed by atoms with E-state index in [0.717, 1.165) is 21.8 Å². The average molecular weight is 403 g/mol. The van der Waals surface area contributed by atoms with E-state index in [1.807, 2.05) is 54.0 Å². The van der Waals surface area contributed by atoms with Crippen molar-refractivity contribution in [3.8, 4) is 5.69 Å². The van der Waals surface area contributed by atoms with Crippen LogP contribution >= 0.6 is 11.3 Å². The summed E-state index contributed by atoms with van der Waals surface area (Å²) in [6, 6.07) is 21.7. The standard InChI is InChI=1S/C23H18FN3OS/c24-17-8-2-3-9-18(17)25-23(28)27-15-16-7-1-4-10-19(16)26-13-5-11-20(26)22(27)21-12-6-14-29-21/h1-14,22H,15H2,(H,25,28). The van der Waals surface area contributed by atoms with Crippen molar-refractivity contribution in [2.75, 3.05) is 5.32 Å². The number of aromatic nitrogens is 1. The summed E-state index contributed by atoms with van der Waals surface area (Å²) in [6.07, 6.45) is 2.02. The average Bonchev–Trinajstić information content (AvgIpc) is 3.41. The van der Waals surface area contributed by atoms with Crippen LogP contribution in [-0.2, 0) is 6.54 Å². The van der Waals surface area contributed by atoms with Crippen molar-refractivity contribution in [3.05, 3.63) is 106 Å². The highest BCUT2D eigenvalue weighted by molar-refractivity contribution is 7.10. The van der Waals surface area contributed by atoms with E-state index in [0.29, 0.717) is 6.54 Å². The number of amides is 2. The Labute approximate surface area is 171 Å². The lowest BCUT2D eigenvalue weighted by Crippen LogP contribution is -2.37. The number of nitrogens with zero attached hydrogens (tertiary/aromatic N) is 2. The molecule has 1 aliphatic heterocycles. The number of fused-ring (bicyclic) bond motifs is 3. The zero-order valence-corrected chi connectivity index (χ0v) is 16.3. The second kappa shape index (κ2) is 7.22. The van der Waals surface area contributed by atoms with Gasteiger partial charge in [-0.05, 0) is 47.3 Å². The molecule has 4 nitrogen and oxygen atoms in total. The molecule has 6 heteroatoms. The van der Waals surface area contributed by atoms with E-state index in [1.54, 1.807) is 34.4 Å². The topological polar surface area (TPSA) is 37.3 Å². The van der Waals surface area contributed by atoms with Gasteiger partial charge in [-0.2, -0.15) is 0 Å². The van der Waals surface area contributed by atoms with Gasteiger partial charge in [0.25, 0.3) is 0 Å². The number of para-hydroxylation sites is 2. The second-order valence-corrected chi connectivity index (χ2v) is 7.87. The second-order valence-electron chi connectivity index (χ2n) is 6.89. The largest absolute Gasteiger partial charge is 0.323 e. The highest BCUT2D eigenvalue weighted by atomic mass is 32.1. The summed E-state index contributed by atoms with van der Waals surface area (Å²) in [5.41, 5.74) is 3.26. The van der Waals surface area contributed by atoms with Crippen LogP contribution in [0.25, 0.3) is 5.69 Å². The SMILES string of the molecule is O=C(Nc1ccccc1F)N1Cc2ccccc2-n2cccc2C1c1cccs1. The van der Waals surface area contributed by atoms with Gasteiger partial charge >= 0.3 is 6.03 Å². The predicted molar refractivity (Wildman–Crippen MR) is 113 cm³/mol. The van der Waals surface area contributed by atoms with Gasteiger partial charge in [0.05, 0.1) is 23.6 Å². The molecule has 3 heterocycles. The fourth-order valence-corrected chi connectivity index (χ4v) is 4.68. The summed E-state index contributed by atoms with van der Waals surface area (Å²) in [7, 11) is 0. The van der Waals surface area contributed by atoms with Gasteiger partial charge in [-0.1, -0.05) is 36.4 Å². The lowest BCUT2D eigenvalue weighted by Gasteiger charge is -2.30. The summed E-state index contributed by atoms with van der Waals surface area (Å²) in [4.78, 5) is 16.2. The molecule has 1 unspecified atom stereocenters. The zero-order chi connectivity index (χ0) is 19.8. The Balaban J connectivity index is 1.63. The summed E-state index contributed by atoms with van der Waals surface area (Å²) >= 11 is 1.61. The molecule has 144 valence electrons. The van der Waals surface area contributed by atoms with Crippen molar-refractivity contribution in [1.29, 1.82) is 0 Å². The fraction of sp³-hybridized carbons (Fsp3) is 0.0870. The molecule has 2 aromatic carbocycles. The number of hydrogen-bond donors (Lipinski definition) is 1. The van der Waals surface area contributed by atoms with Crippen molar-refractivity contribution in [2.45, 2.75) is 12.6 Å². The van der Waals surface area contributed by atoms with Crippen LogP contribution in [0, 0.1) is 5.82 Å². The molecule has 0 spiro atoms. The maximum atomic E-state index is 14.2. The van der Waals surface area contributed by atoms with Gasteiger partial charge < -0.3 is 14.8 Å². The van der Waals surface area contributed by atoms with Gasteiger partial charge in [-0.25, -0.2) is 9.18 Å². The molecule has 29 heavy (non-hydrogen) atoms. The van der Waals surface area contributed by atoms with Crippen LogP contribution in [0.4, 0.5) is 14.9 Å². The summed E-state index contributed by atoms with van der Waals surface area (Å²) in [6.45, 7) is 0.417. The first-order chi connectivity index (χ1) is 14.2. The monoisotopic (exact) mass is 403 g/mol. The smallest absolute Gasteiger partial charge is 0.318 e. The van der Waals surface area contributed by atoms with Crippen LogP contribution in [0.2, 0.25) is 0 Å². The van der Waals surface area contributed by atoms with Crippen LogP contribution in [0.15, 0.2) is 84.4 Å². The Kier molecular flexibility index (Phi) is 4.41. The third-order valence-electron chi connectivity index (χ3n) is 5.15. The molecular weight excluding hydrogens is 385 g/mol. The molecule has 5 rings (SSSR count). The van der Waals surface area contributed by atoms with Crippen molar-refractivity contribution in [3.63, 3.8) is 0 Å². The van der Waals surface area contributed by atoms with Gasteiger partial charge in [0, 0.05) is 11.1 Å². The van der Waals surface area contributed by atoms with Crippen LogP contribution in [0.3, 0.4) is 0 Å². The normalized spacial score (nSPS) is 15.3. The van der Waals surface area contributed by atoms with E-state index in [1.165, 1.54) is 6.07 Å². The number of carbonyl (C=O) groups excluding carboxylic acids is 1. The first-order valence-corrected chi connectivity index (χ1v) is 10.2. The third-order valence-corrected chi connectivity index (χ3v) is 6.08. The fourth-order valence-electron chi connectivity index (χ4n) is 3.84. The lowest BCUT2D eigenvalue weighted by atomic mass is 10.1. The van der Waals surface area contributed by atoms with Crippen molar-refractivity contribution in [1.82, 2.24) is 9.47 Å². The third kappa shape index (κ3) is 3.11. The molecule has 2 amide bonds. The van der Waals surface area contributed by atoms with Gasteiger partial charge in [0.1, 0.15) is 11.9 Å². The van der Waals surface area contributed by atoms with Crippen LogP contribution in [0.1, 0.15) is 22.2 Å². The molecule has 0 radical (unpaired) electrons. The number of halogens is 1. The number of thiophene rings is 1. The molecule has 1 aliphatic rings. The van der Waals surface area contributed by atoms with Crippen molar-refractivity contribution < 1.29 is 9.18 Å². The Morgan fingerprint density at radius 3 is 2.66 bits per heavy atom. The maximum absolute atomic E-state index is 14.2. The Morgan fingerprint density at radius 2 is 1.83 bits per heavy atom. The molecule has 0 saturated carbocycles. The number of nitrogens with one attached hydrogen (secondary N) is 1. The molecule has 0 saturated heterocycles. The quantitative estimate of drug-likeness (QED) is 0.450. The van der Waals surface area contributed by atoms with E-state index < -0.39 is 5.82 Å². The Bertz CT molecular complexity index is 1170. The predicted octanol–water partition coefficient (Wildman–Crippen LogP) is 5.82. The maximum Gasteiger partial charge on any atom is 0.323 e.